The number of aliphatic hydroxyl groups excluding tert-OH is 1. The fourth-order valence-corrected chi connectivity index (χ4v) is 10.4. The molecule has 0 aromatic carbocycles. The lowest BCUT2D eigenvalue weighted by atomic mass is 9.87. The Morgan fingerprint density at radius 1 is 0.461 bits per heavy atom. The van der Waals surface area contributed by atoms with E-state index in [1.807, 2.05) is 0 Å². The number of ether oxygens (including phenoxy) is 8. The van der Waals surface area contributed by atoms with Crippen molar-refractivity contribution in [2.75, 3.05) is 68.1 Å². The molecular weight excluding hydrogens is 1360 g/mol. The van der Waals surface area contributed by atoms with Gasteiger partial charge in [-0.3, -0.25) is 25.1 Å². The molecule has 5 aliphatic rings. The summed E-state index contributed by atoms with van der Waals surface area (Å²) in [6.07, 6.45) is -9.43. The van der Waals surface area contributed by atoms with Crippen LogP contribution in [0.15, 0.2) is 0 Å². The molecule has 9 unspecified atom stereocenters. The number of aliphatic carboxylic acids is 3. The molecule has 4 saturated heterocycles. The number of rotatable bonds is 21. The molecule has 0 spiro atoms. The van der Waals surface area contributed by atoms with Crippen molar-refractivity contribution in [2.45, 2.75) is 161 Å². The maximum absolute atomic E-state index is 10.8. The van der Waals surface area contributed by atoms with Crippen LogP contribution in [0.25, 0.3) is 0 Å². The first kappa shape index (κ1) is 102. The maximum Gasteiger partial charge on any atom is 0.333 e. The third-order valence-electron chi connectivity index (χ3n) is 11.4. The molecular formula is C40H83O43S6-7. The highest BCUT2D eigenvalue weighted by molar-refractivity contribution is 7.82. The summed E-state index contributed by atoms with van der Waals surface area (Å²) in [7, 11) is -24.2. The van der Waals surface area contributed by atoms with Crippen LogP contribution >= 0.6 is 0 Å². The summed E-state index contributed by atoms with van der Waals surface area (Å²) in [4.78, 5) is 31.7. The largest absolute Gasteiger partial charge is 0.726 e. The number of methoxy groups -OCH3 is 4. The van der Waals surface area contributed by atoms with E-state index in [-0.39, 0.29) is 97.3 Å². The smallest absolute Gasteiger partial charge is 0.333 e. The topological polar surface area (TPSA) is 733 Å². The third kappa shape index (κ3) is 44.4. The highest BCUT2D eigenvalue weighted by Gasteiger charge is 2.43. The van der Waals surface area contributed by atoms with Crippen LogP contribution in [0.3, 0.4) is 0 Å². The minimum atomic E-state index is -4.91. The van der Waals surface area contributed by atoms with E-state index in [2.05, 4.69) is 25.1 Å². The first-order valence-electron chi connectivity index (χ1n) is 22.7. The van der Waals surface area contributed by atoms with Crippen molar-refractivity contribution in [3.05, 3.63) is 0 Å². The van der Waals surface area contributed by atoms with E-state index in [4.69, 9.17) is 53.2 Å². The molecule has 0 aromatic rings. The van der Waals surface area contributed by atoms with Crippen LogP contribution < -0.4 is 5.11 Å². The Bertz CT molecular complexity index is 2550. The average Bonchev–Trinajstić information content (AvgIpc) is 3.32. The van der Waals surface area contributed by atoms with Crippen molar-refractivity contribution in [1.82, 2.24) is 0 Å². The maximum atomic E-state index is 10.8. The van der Waals surface area contributed by atoms with Gasteiger partial charge in [-0.05, 0) is 19.3 Å². The van der Waals surface area contributed by atoms with Gasteiger partial charge in [0.2, 0.25) is 62.4 Å². The fraction of sp³-hybridized carbons (Fsp3) is 0.925. The molecule has 0 radical (unpaired) electrons. The van der Waals surface area contributed by atoms with Crippen molar-refractivity contribution in [1.29, 1.82) is 0 Å². The standard InChI is InChI=1S/C8H14O8S.2C7H14O10S2.C7H12O8S.C7H12O3.4CH4.4H2O/c1-4-6(14-2)5(16-17(11,12)13)3-15-7(4)8(9)10;2*1-14-6-2-5(3-16-18(8,9)10)15-4-7(6)17-19(11,12)13;1-13-4-2-5(7(8)9)14-3-6(4)15-16(10,11)12;8-6-3-1-2-5(4-6)7(9)10;;;;;;;;/h4-7H,3H2,1-2H3,(H,9,10)(H,11,12,13);2*5-7H,2-4H2,1H3,(H,8,9,10)(H,11,12,13);4-6H,2-3H2,1H3,(H,8,9)(H,10,11,12);5-6,8H,1-4H2,(H,9,10);4*1H4;4*1H2/p-7/t4-,5?,6+,7?;2*5?,6-,7?;4-,5?,6?;5?,6-;;;;;;;;/m01110......../s1. The van der Waals surface area contributed by atoms with Gasteiger partial charge in [0.1, 0.15) is 24.4 Å². The minimum Gasteiger partial charge on any atom is -0.726 e. The highest BCUT2D eigenvalue weighted by Crippen LogP contribution is 2.28. The van der Waals surface area contributed by atoms with Crippen molar-refractivity contribution < 1.29 is 198 Å². The quantitative estimate of drug-likeness (QED) is 0.0710. The van der Waals surface area contributed by atoms with Crippen molar-refractivity contribution >= 4 is 80.3 Å². The van der Waals surface area contributed by atoms with E-state index in [1.54, 1.807) is 0 Å². The Labute approximate surface area is 516 Å². The summed E-state index contributed by atoms with van der Waals surface area (Å²) in [5, 5.41) is 36.8. The molecule has 11 N–H and O–H groups in total. The first-order valence-corrected chi connectivity index (χ1v) is 30.7. The van der Waals surface area contributed by atoms with Crippen LogP contribution in [-0.4, -0.2) is 280 Å². The van der Waals surface area contributed by atoms with E-state index < -0.39 is 185 Å². The number of hydrogen-bond donors (Lipinski definition) is 3. The molecule has 15 atom stereocenters. The lowest BCUT2D eigenvalue weighted by Crippen LogP contribution is -2.53. The summed E-state index contributed by atoms with van der Waals surface area (Å²) in [5.41, 5.74) is 0. The predicted molar refractivity (Wildman–Crippen MR) is 284 cm³/mol. The summed E-state index contributed by atoms with van der Waals surface area (Å²) in [5.74, 6) is -4.42. The molecule has 0 amide bonds. The number of carboxylic acid groups (broad SMARTS) is 3. The molecule has 5 rings (SSSR count). The lowest BCUT2D eigenvalue weighted by molar-refractivity contribution is -0.313. The predicted octanol–water partition coefficient (Wildman–Crippen LogP) is -7.56. The number of carbonyl (C=O) groups excluding carboxylic acids is 1. The molecule has 5 fully saturated rings. The zero-order valence-corrected chi connectivity index (χ0v) is 49.7. The Hall–Kier alpha value is -2.89. The fourth-order valence-electron chi connectivity index (χ4n) is 7.80. The third-order valence-corrected chi connectivity index (χ3v) is 14.2. The molecule has 0 bridgehead atoms. The molecule has 89 heavy (non-hydrogen) atoms. The van der Waals surface area contributed by atoms with Crippen LogP contribution in [0.4, 0.5) is 0 Å². The summed E-state index contributed by atoms with van der Waals surface area (Å²) in [6.45, 7) is -0.816. The van der Waals surface area contributed by atoms with Gasteiger partial charge in [-0.25, -0.2) is 60.1 Å². The lowest BCUT2D eigenvalue weighted by Gasteiger charge is -2.38. The van der Waals surface area contributed by atoms with Gasteiger partial charge in [-0.15, -0.1) is 0 Å². The van der Waals surface area contributed by atoms with E-state index in [0.29, 0.717) is 12.8 Å². The van der Waals surface area contributed by atoms with Crippen LogP contribution in [0.1, 0.15) is 81.6 Å². The Morgan fingerprint density at radius 3 is 1.08 bits per heavy atom. The van der Waals surface area contributed by atoms with Gasteiger partial charge in [-0.1, -0.05) is 43.1 Å². The Balaban J connectivity index is -0.000000152. The molecule has 0 aromatic heterocycles. The Kier molecular flexibility index (Phi) is 53.1. The zero-order chi connectivity index (χ0) is 62.5. The van der Waals surface area contributed by atoms with Gasteiger partial charge in [0, 0.05) is 65.5 Å². The van der Waals surface area contributed by atoms with Crippen LogP contribution in [0.5, 0.6) is 0 Å². The number of aliphatic hydroxyl groups is 1. The van der Waals surface area contributed by atoms with Gasteiger partial charge in [0.25, 0.3) is 0 Å². The molecule has 4 aliphatic heterocycles. The molecule has 544 valence electrons. The van der Waals surface area contributed by atoms with Gasteiger partial charge >= 0.3 is 11.9 Å². The van der Waals surface area contributed by atoms with E-state index in [9.17, 15) is 97.3 Å². The van der Waals surface area contributed by atoms with E-state index in [0.717, 1.165) is 12.8 Å². The molecule has 4 heterocycles. The molecule has 1 aliphatic carbocycles. The average molecular weight is 1440 g/mol. The van der Waals surface area contributed by atoms with E-state index in [1.165, 1.54) is 35.4 Å². The second kappa shape index (κ2) is 46.2. The molecule has 43 nitrogen and oxygen atoms in total. The van der Waals surface area contributed by atoms with Crippen molar-refractivity contribution in [3.63, 3.8) is 0 Å². The van der Waals surface area contributed by atoms with Crippen LogP contribution in [-0.2, 0) is 140 Å². The van der Waals surface area contributed by atoms with Crippen molar-refractivity contribution in [3.8, 4) is 0 Å². The van der Waals surface area contributed by atoms with Gasteiger partial charge in [-0.2, -0.15) is 0 Å². The minimum absolute atomic E-state index is 0. The molecule has 1 saturated carbocycles. The number of carbonyl (C=O) groups is 3. The summed E-state index contributed by atoms with van der Waals surface area (Å²) < 4.78 is 251. The second-order valence-electron chi connectivity index (χ2n) is 17.1. The van der Waals surface area contributed by atoms with Gasteiger partial charge < -0.3 is 112 Å². The van der Waals surface area contributed by atoms with Crippen LogP contribution in [0, 0.1) is 11.8 Å². The summed E-state index contributed by atoms with van der Waals surface area (Å²) in [6, 6.07) is 0. The Morgan fingerprint density at radius 2 is 0.798 bits per heavy atom. The van der Waals surface area contributed by atoms with Crippen LogP contribution in [0.2, 0.25) is 0 Å². The van der Waals surface area contributed by atoms with Gasteiger partial charge in [0.05, 0.1) is 82.4 Å². The van der Waals surface area contributed by atoms with Crippen molar-refractivity contribution in [2.24, 2.45) is 11.8 Å². The second-order valence-corrected chi connectivity index (χ2v) is 23.3. The first-order chi connectivity index (χ1) is 37.0. The normalized spacial score (nSPS) is 28.5. The highest BCUT2D eigenvalue weighted by atomic mass is 32.3. The molecule has 49 heteroatoms. The monoisotopic (exact) mass is 1440 g/mol. The van der Waals surface area contributed by atoms with Gasteiger partial charge in [0.15, 0.2) is 12.2 Å². The summed E-state index contributed by atoms with van der Waals surface area (Å²) >= 11 is 0. The van der Waals surface area contributed by atoms with E-state index >= 15 is 0 Å². The SMILES string of the molecule is C.C.C.C.CO[C@@H]1CC(C(=O)O)OCC1OS(=O)(=O)[O-].CO[C@@H]1CC(COS(=O)(=O)[O-])OCC1OS(=O)(=O)[O-].CO[C@@H]1CC(COS(=O)(=O)[O-])OCC1OS(=O)(=O)[O-].CO[C@H]1C(OS(=O)(=O)[O-])COC(C(=O)O)[C@H]1C.O.O.O.O.O=C([O-])C1CCC[C@H](O)C1. The number of carboxylic acids is 3. The number of hydrogen-bond acceptors (Lipinski definition) is 37. The zero-order valence-electron chi connectivity index (χ0n) is 44.8.